The molecular weight excluding hydrogens is 606 g/mol. The average molecular weight is 650 g/mol. The van der Waals surface area contributed by atoms with Crippen LogP contribution in [0.2, 0.25) is 5.02 Å². The maximum Gasteiger partial charge on any atom is 0.165 e. The van der Waals surface area contributed by atoms with Gasteiger partial charge in [0.15, 0.2) is 23.1 Å². The summed E-state index contributed by atoms with van der Waals surface area (Å²) in [5, 5.41) is 0.646. The monoisotopic (exact) mass is 649 g/mol. The number of nitrogens with zero attached hydrogens (tertiary/aromatic N) is 1. The van der Waals surface area contributed by atoms with Crippen molar-refractivity contribution < 1.29 is 19.1 Å². The molecule has 0 bridgehead atoms. The minimum absolute atomic E-state index is 0.106. The summed E-state index contributed by atoms with van der Waals surface area (Å²) in [7, 11) is 1.63. The second kappa shape index (κ2) is 12.8. The Morgan fingerprint density at radius 3 is 2.04 bits per heavy atom. The predicted octanol–water partition coefficient (Wildman–Crippen LogP) is 9.54. The van der Waals surface area contributed by atoms with Gasteiger partial charge in [0.25, 0.3) is 0 Å². The molecule has 3 aliphatic rings. The van der Waals surface area contributed by atoms with E-state index in [1.165, 1.54) is 0 Å². The predicted molar refractivity (Wildman–Crippen MR) is 188 cm³/mol. The Morgan fingerprint density at radius 2 is 1.47 bits per heavy atom. The van der Waals surface area contributed by atoms with E-state index in [0.717, 1.165) is 57.6 Å². The first-order chi connectivity index (χ1) is 22.4. The van der Waals surface area contributed by atoms with Crippen molar-refractivity contribution in [3.05, 3.63) is 129 Å². The van der Waals surface area contributed by atoms with Gasteiger partial charge in [0.05, 0.1) is 7.11 Å². The lowest BCUT2D eigenvalue weighted by atomic mass is 9.63. The maximum atomic E-state index is 14.4. The SMILES string of the molecule is C=CCc1cc(C2C3=C(CC(C)(C)CC3=O)N(Cc3ccccc3)C3=C2C(=O)CC(C)(C)C3)cc(OC)c1OCc1cccc(Cl)c1. The van der Waals surface area contributed by atoms with E-state index in [-0.39, 0.29) is 22.4 Å². The molecule has 0 aromatic heterocycles. The zero-order chi connectivity index (χ0) is 33.5. The van der Waals surface area contributed by atoms with Crippen LogP contribution in [-0.4, -0.2) is 23.6 Å². The van der Waals surface area contributed by atoms with Crippen molar-refractivity contribution in [3.63, 3.8) is 0 Å². The van der Waals surface area contributed by atoms with Crippen molar-refractivity contribution in [2.75, 3.05) is 7.11 Å². The molecule has 0 atom stereocenters. The molecule has 6 rings (SSSR count). The van der Waals surface area contributed by atoms with Gasteiger partial charge in [-0.05, 0) is 65.0 Å². The van der Waals surface area contributed by atoms with E-state index in [1.54, 1.807) is 7.11 Å². The molecule has 5 nitrogen and oxygen atoms in total. The number of hydrogen-bond acceptors (Lipinski definition) is 5. The highest BCUT2D eigenvalue weighted by molar-refractivity contribution is 6.30. The first kappa shape index (κ1) is 32.8. The molecule has 0 unspecified atom stereocenters. The number of halogens is 1. The summed E-state index contributed by atoms with van der Waals surface area (Å²) in [6, 6.07) is 22.0. The molecule has 0 spiro atoms. The van der Waals surface area contributed by atoms with Crippen LogP contribution in [0.3, 0.4) is 0 Å². The van der Waals surface area contributed by atoms with Crippen molar-refractivity contribution in [3.8, 4) is 11.5 Å². The number of benzene rings is 3. The molecule has 0 N–H and O–H groups in total. The second-order valence-electron chi connectivity index (χ2n) is 14.7. The van der Waals surface area contributed by atoms with Gasteiger partial charge in [-0.2, -0.15) is 0 Å². The van der Waals surface area contributed by atoms with Crippen LogP contribution in [0.25, 0.3) is 0 Å². The average Bonchev–Trinajstić information content (AvgIpc) is 3.00. The summed E-state index contributed by atoms with van der Waals surface area (Å²) in [6.45, 7) is 13.6. The first-order valence-corrected chi connectivity index (χ1v) is 16.8. The largest absolute Gasteiger partial charge is 0.493 e. The second-order valence-corrected chi connectivity index (χ2v) is 15.2. The van der Waals surface area contributed by atoms with Crippen LogP contribution in [0.1, 0.15) is 81.5 Å². The number of ether oxygens (including phenoxy) is 2. The highest BCUT2D eigenvalue weighted by Crippen LogP contribution is 2.55. The molecule has 1 heterocycles. The summed E-state index contributed by atoms with van der Waals surface area (Å²) in [5.41, 5.74) is 6.99. The number of carbonyl (C=O) groups is 2. The molecule has 1 aliphatic heterocycles. The van der Waals surface area contributed by atoms with Gasteiger partial charge in [-0.1, -0.05) is 93.9 Å². The number of methoxy groups -OCH3 is 1. The number of rotatable bonds is 9. The van der Waals surface area contributed by atoms with Gasteiger partial charge in [0.1, 0.15) is 6.61 Å². The Morgan fingerprint density at radius 1 is 0.851 bits per heavy atom. The zero-order valence-electron chi connectivity index (χ0n) is 28.1. The third kappa shape index (κ3) is 6.69. The summed E-state index contributed by atoms with van der Waals surface area (Å²) in [5.74, 6) is 0.902. The number of hydrogen-bond donors (Lipinski definition) is 0. The Balaban J connectivity index is 1.54. The molecule has 0 saturated carbocycles. The zero-order valence-corrected chi connectivity index (χ0v) is 28.9. The van der Waals surface area contributed by atoms with Crippen LogP contribution in [0.4, 0.5) is 0 Å². The summed E-state index contributed by atoms with van der Waals surface area (Å²) in [6.07, 6.45) is 4.73. The lowest BCUT2D eigenvalue weighted by molar-refractivity contribution is -0.119. The minimum Gasteiger partial charge on any atom is -0.493 e. The van der Waals surface area contributed by atoms with Gasteiger partial charge >= 0.3 is 0 Å². The van der Waals surface area contributed by atoms with Gasteiger partial charge in [-0.3, -0.25) is 9.59 Å². The molecule has 0 saturated heterocycles. The topological polar surface area (TPSA) is 55.8 Å². The molecule has 0 radical (unpaired) electrons. The fraction of sp³-hybridized carbons (Fsp3) is 0.366. The molecule has 3 aromatic carbocycles. The highest BCUT2D eigenvalue weighted by atomic mass is 35.5. The molecular formula is C41H44ClNO4. The van der Waals surface area contributed by atoms with Crippen molar-refractivity contribution in [2.24, 2.45) is 10.8 Å². The number of carbonyl (C=O) groups excluding carboxylic acids is 2. The first-order valence-electron chi connectivity index (χ1n) is 16.4. The summed E-state index contributed by atoms with van der Waals surface area (Å²) < 4.78 is 12.4. The Labute approximate surface area is 283 Å². The minimum atomic E-state index is -0.487. The van der Waals surface area contributed by atoms with Crippen molar-refractivity contribution in [2.45, 2.75) is 78.9 Å². The molecule has 47 heavy (non-hydrogen) atoms. The van der Waals surface area contributed by atoms with E-state index in [9.17, 15) is 9.59 Å². The van der Waals surface area contributed by atoms with Gasteiger partial charge in [-0.25, -0.2) is 0 Å². The van der Waals surface area contributed by atoms with Crippen molar-refractivity contribution in [1.29, 1.82) is 0 Å². The van der Waals surface area contributed by atoms with E-state index < -0.39 is 5.92 Å². The van der Waals surface area contributed by atoms with Crippen LogP contribution >= 0.6 is 11.6 Å². The molecule has 3 aromatic rings. The van der Waals surface area contributed by atoms with E-state index in [0.29, 0.717) is 48.9 Å². The molecule has 2 aliphatic carbocycles. The quantitative estimate of drug-likeness (QED) is 0.216. The van der Waals surface area contributed by atoms with Crippen LogP contribution in [0.15, 0.2) is 102 Å². The lowest BCUT2D eigenvalue weighted by Crippen LogP contribution is -2.44. The third-order valence-corrected chi connectivity index (χ3v) is 9.78. The summed E-state index contributed by atoms with van der Waals surface area (Å²) >= 11 is 6.24. The Hall–Kier alpha value is -4.09. The van der Waals surface area contributed by atoms with Crippen LogP contribution < -0.4 is 9.47 Å². The van der Waals surface area contributed by atoms with Gasteiger partial charge < -0.3 is 14.4 Å². The van der Waals surface area contributed by atoms with Crippen LogP contribution in [0.5, 0.6) is 11.5 Å². The van der Waals surface area contributed by atoms with E-state index in [4.69, 9.17) is 21.1 Å². The molecule has 244 valence electrons. The molecule has 0 amide bonds. The normalized spacial score (nSPS) is 19.0. The highest BCUT2D eigenvalue weighted by Gasteiger charge is 2.49. The smallest absolute Gasteiger partial charge is 0.165 e. The molecule has 0 fully saturated rings. The van der Waals surface area contributed by atoms with E-state index in [1.807, 2.05) is 54.6 Å². The van der Waals surface area contributed by atoms with Gasteiger partial charge in [0.2, 0.25) is 0 Å². The lowest BCUT2D eigenvalue weighted by Gasteiger charge is -2.49. The Kier molecular flexibility index (Phi) is 8.97. The number of Topliss-reactive ketones (excluding diaryl/α,β-unsaturated/α-hetero) is 2. The Bertz CT molecular complexity index is 1750. The van der Waals surface area contributed by atoms with Gasteiger partial charge in [0, 0.05) is 58.4 Å². The van der Waals surface area contributed by atoms with Gasteiger partial charge in [-0.15, -0.1) is 6.58 Å². The maximum absolute atomic E-state index is 14.4. The van der Waals surface area contributed by atoms with Crippen molar-refractivity contribution in [1.82, 2.24) is 4.90 Å². The molecule has 6 heteroatoms. The number of ketones is 2. The van der Waals surface area contributed by atoms with E-state index in [2.05, 4.69) is 57.4 Å². The van der Waals surface area contributed by atoms with Crippen LogP contribution in [-0.2, 0) is 29.2 Å². The standard InChI is InChI=1S/C41H44ClNO4/c1-7-12-28-18-29(19-35(46-6)39(28)47-25-27-15-11-16-30(42)17-27)36-37-31(20-40(2,3)22-33(37)44)43(24-26-13-9-8-10-14-26)32-21-41(4,5)23-34(45)38(32)36/h7-11,13-19,36H,1,12,20-25H2,2-6H3. The van der Waals surface area contributed by atoms with Crippen molar-refractivity contribution >= 4 is 23.2 Å². The third-order valence-electron chi connectivity index (χ3n) is 9.55. The van der Waals surface area contributed by atoms with E-state index >= 15 is 0 Å². The fourth-order valence-corrected chi connectivity index (χ4v) is 7.81. The fourth-order valence-electron chi connectivity index (χ4n) is 7.59. The number of allylic oxidation sites excluding steroid dienone is 5. The summed E-state index contributed by atoms with van der Waals surface area (Å²) in [4.78, 5) is 31.0. The van der Waals surface area contributed by atoms with Crippen LogP contribution in [0, 0.1) is 10.8 Å².